The van der Waals surface area contributed by atoms with Crippen LogP contribution in [0.15, 0.2) is 59.5 Å². The summed E-state index contributed by atoms with van der Waals surface area (Å²) in [6, 6.07) is 15.2. The number of hydrogen-bond donors (Lipinski definition) is 2. The minimum absolute atomic E-state index is 0.132. The smallest absolute Gasteiger partial charge is 0.264 e. The zero-order valence-electron chi connectivity index (χ0n) is 14.7. The van der Waals surface area contributed by atoms with Gasteiger partial charge in [-0.2, -0.15) is 0 Å². The fraction of sp³-hybridized carbons (Fsp3) is 0.316. The average Bonchev–Trinajstić information content (AvgIpc) is 3.46. The number of rotatable bonds is 8. The molecule has 0 heterocycles. The third-order valence-corrected chi connectivity index (χ3v) is 6.09. The van der Waals surface area contributed by atoms with Gasteiger partial charge in [-0.1, -0.05) is 24.3 Å². The van der Waals surface area contributed by atoms with Gasteiger partial charge in [0, 0.05) is 12.7 Å². The lowest BCUT2D eigenvalue weighted by Gasteiger charge is -2.20. The molecule has 0 unspecified atom stereocenters. The number of benzene rings is 2. The number of sulfonamides is 1. The van der Waals surface area contributed by atoms with E-state index in [1.54, 1.807) is 36.4 Å². The van der Waals surface area contributed by atoms with Gasteiger partial charge in [-0.25, -0.2) is 8.42 Å². The number of carbonyl (C=O) groups is 1. The van der Waals surface area contributed by atoms with Crippen molar-refractivity contribution in [3.8, 4) is 0 Å². The Morgan fingerprint density at radius 1 is 1.12 bits per heavy atom. The van der Waals surface area contributed by atoms with E-state index >= 15 is 0 Å². The van der Waals surface area contributed by atoms with E-state index in [4.69, 9.17) is 0 Å². The van der Waals surface area contributed by atoms with E-state index in [9.17, 15) is 13.2 Å². The summed E-state index contributed by atoms with van der Waals surface area (Å²) in [5.41, 5.74) is 1.04. The molecule has 26 heavy (non-hydrogen) atoms. The maximum atomic E-state index is 12.8. The predicted molar refractivity (Wildman–Crippen MR) is 103 cm³/mol. The van der Waals surface area contributed by atoms with Gasteiger partial charge in [-0.15, -0.1) is 0 Å². The molecule has 0 aromatic heterocycles. The summed E-state index contributed by atoms with van der Waals surface area (Å²) in [6.45, 7) is 1.07. The molecule has 7 heteroatoms. The lowest BCUT2D eigenvalue weighted by molar-refractivity contribution is -0.115. The number of carbonyl (C=O) groups excluding carboxylic acids is 1. The van der Waals surface area contributed by atoms with E-state index in [-0.39, 0.29) is 17.3 Å². The highest BCUT2D eigenvalue weighted by Crippen LogP contribution is 2.27. The fourth-order valence-electron chi connectivity index (χ4n) is 2.59. The van der Waals surface area contributed by atoms with Gasteiger partial charge in [0.2, 0.25) is 5.91 Å². The highest BCUT2D eigenvalue weighted by Gasteiger charge is 2.22. The first-order valence-corrected chi connectivity index (χ1v) is 10.1. The molecule has 1 fully saturated rings. The van der Waals surface area contributed by atoms with Crippen molar-refractivity contribution in [2.24, 2.45) is 5.92 Å². The Balaban J connectivity index is 1.68. The third kappa shape index (κ3) is 4.62. The Labute approximate surface area is 154 Å². The summed E-state index contributed by atoms with van der Waals surface area (Å²) >= 11 is 0. The molecule has 1 saturated carbocycles. The first kappa shape index (κ1) is 18.4. The Morgan fingerprint density at radius 2 is 1.85 bits per heavy atom. The first-order chi connectivity index (χ1) is 12.5. The van der Waals surface area contributed by atoms with E-state index in [0.29, 0.717) is 17.3 Å². The van der Waals surface area contributed by atoms with Gasteiger partial charge in [-0.05, 0) is 55.6 Å². The molecule has 1 aliphatic rings. The number of nitrogens with one attached hydrogen (secondary N) is 2. The zero-order chi connectivity index (χ0) is 18.6. The molecule has 138 valence electrons. The minimum Gasteiger partial charge on any atom is -0.325 e. The fourth-order valence-corrected chi connectivity index (χ4v) is 3.83. The molecule has 1 aliphatic carbocycles. The molecule has 3 rings (SSSR count). The second-order valence-electron chi connectivity index (χ2n) is 6.46. The van der Waals surface area contributed by atoms with Crippen LogP contribution in [-0.4, -0.2) is 34.5 Å². The van der Waals surface area contributed by atoms with E-state index < -0.39 is 10.0 Å². The quantitative estimate of drug-likeness (QED) is 0.745. The van der Waals surface area contributed by atoms with E-state index in [0.717, 1.165) is 6.54 Å². The van der Waals surface area contributed by atoms with Crippen molar-refractivity contribution in [2.75, 3.05) is 29.8 Å². The molecule has 0 saturated heterocycles. The van der Waals surface area contributed by atoms with Crippen molar-refractivity contribution in [1.29, 1.82) is 0 Å². The van der Waals surface area contributed by atoms with E-state index in [1.165, 1.54) is 36.3 Å². The van der Waals surface area contributed by atoms with Crippen molar-refractivity contribution in [3.63, 3.8) is 0 Å². The Hall–Kier alpha value is -2.38. The van der Waals surface area contributed by atoms with Gasteiger partial charge >= 0.3 is 0 Å². The standard InChI is InChI=1S/C19H23N3O3S/c1-22(17-7-3-2-4-8-17)26(24,25)18-9-5-6-16(12-18)21-19(23)14-20-13-15-10-11-15/h2-9,12,15,20H,10-11,13-14H2,1H3,(H,21,23). The molecule has 2 aromatic carbocycles. The van der Waals surface area contributed by atoms with Crippen LogP contribution in [0.1, 0.15) is 12.8 Å². The molecule has 1 amide bonds. The van der Waals surface area contributed by atoms with E-state index in [2.05, 4.69) is 10.6 Å². The molecular weight excluding hydrogens is 350 g/mol. The molecule has 0 radical (unpaired) electrons. The molecular formula is C19H23N3O3S. The number of nitrogens with zero attached hydrogens (tertiary/aromatic N) is 1. The second kappa shape index (κ2) is 7.88. The van der Waals surface area contributed by atoms with Crippen LogP contribution in [0.2, 0.25) is 0 Å². The van der Waals surface area contributed by atoms with Crippen molar-refractivity contribution in [3.05, 3.63) is 54.6 Å². The SMILES string of the molecule is CN(c1ccccc1)S(=O)(=O)c1cccc(NC(=O)CNCC2CC2)c1. The summed E-state index contributed by atoms with van der Waals surface area (Å²) in [6.07, 6.45) is 2.45. The first-order valence-electron chi connectivity index (χ1n) is 8.61. The van der Waals surface area contributed by atoms with Crippen LogP contribution in [0.4, 0.5) is 11.4 Å². The Morgan fingerprint density at radius 3 is 2.54 bits per heavy atom. The van der Waals surface area contributed by atoms with Crippen LogP contribution < -0.4 is 14.9 Å². The molecule has 0 bridgehead atoms. The van der Waals surface area contributed by atoms with Crippen LogP contribution in [0, 0.1) is 5.92 Å². The van der Waals surface area contributed by atoms with Crippen molar-refractivity contribution < 1.29 is 13.2 Å². The van der Waals surface area contributed by atoms with E-state index in [1.807, 2.05) is 6.07 Å². The van der Waals surface area contributed by atoms with Gasteiger partial charge in [0.15, 0.2) is 0 Å². The summed E-state index contributed by atoms with van der Waals surface area (Å²) in [5.74, 6) is 0.515. The van der Waals surface area contributed by atoms with Crippen LogP contribution in [0.25, 0.3) is 0 Å². The lowest BCUT2D eigenvalue weighted by Crippen LogP contribution is -2.29. The summed E-state index contributed by atoms with van der Waals surface area (Å²) < 4.78 is 26.9. The molecule has 2 N–H and O–H groups in total. The van der Waals surface area contributed by atoms with Gasteiger partial charge in [-0.3, -0.25) is 9.10 Å². The van der Waals surface area contributed by atoms with Crippen LogP contribution in [0.3, 0.4) is 0 Å². The summed E-state index contributed by atoms with van der Waals surface area (Å²) in [7, 11) is -2.19. The Bertz CT molecular complexity index is 865. The predicted octanol–water partition coefficient (Wildman–Crippen LogP) is 2.45. The number of amides is 1. The van der Waals surface area contributed by atoms with Gasteiger partial charge in [0.1, 0.15) is 0 Å². The molecule has 0 atom stereocenters. The van der Waals surface area contributed by atoms with Crippen LogP contribution >= 0.6 is 0 Å². The van der Waals surface area contributed by atoms with Crippen molar-refractivity contribution >= 4 is 27.3 Å². The van der Waals surface area contributed by atoms with Gasteiger partial charge in [0.25, 0.3) is 10.0 Å². The van der Waals surface area contributed by atoms with Gasteiger partial charge in [0.05, 0.1) is 17.1 Å². The van der Waals surface area contributed by atoms with Gasteiger partial charge < -0.3 is 10.6 Å². The summed E-state index contributed by atoms with van der Waals surface area (Å²) in [5, 5.41) is 5.86. The van der Waals surface area contributed by atoms with Crippen molar-refractivity contribution in [1.82, 2.24) is 5.32 Å². The monoisotopic (exact) mass is 373 g/mol. The van der Waals surface area contributed by atoms with Crippen LogP contribution in [-0.2, 0) is 14.8 Å². The number of anilines is 2. The highest BCUT2D eigenvalue weighted by molar-refractivity contribution is 7.92. The molecule has 6 nitrogen and oxygen atoms in total. The topological polar surface area (TPSA) is 78.5 Å². The minimum atomic E-state index is -3.70. The normalized spacial score (nSPS) is 14.0. The number of hydrogen-bond acceptors (Lipinski definition) is 4. The maximum absolute atomic E-state index is 12.8. The largest absolute Gasteiger partial charge is 0.325 e. The lowest BCUT2D eigenvalue weighted by atomic mass is 10.3. The molecule has 0 spiro atoms. The highest BCUT2D eigenvalue weighted by atomic mass is 32.2. The molecule has 0 aliphatic heterocycles. The average molecular weight is 373 g/mol. The van der Waals surface area contributed by atoms with Crippen LogP contribution in [0.5, 0.6) is 0 Å². The van der Waals surface area contributed by atoms with Crippen molar-refractivity contribution in [2.45, 2.75) is 17.7 Å². The summed E-state index contributed by atoms with van der Waals surface area (Å²) in [4.78, 5) is 12.1. The second-order valence-corrected chi connectivity index (χ2v) is 8.43. The maximum Gasteiger partial charge on any atom is 0.264 e. The molecule has 2 aromatic rings. The zero-order valence-corrected chi connectivity index (χ0v) is 15.5. The number of para-hydroxylation sites is 1. The third-order valence-electron chi connectivity index (χ3n) is 4.31. The Kier molecular flexibility index (Phi) is 5.58.